The van der Waals surface area contributed by atoms with Crippen molar-refractivity contribution in [1.29, 1.82) is 0 Å². The Balaban J connectivity index is 1.42. The molecule has 158 valence electrons. The Labute approximate surface area is 179 Å². The molecular weight excluding hydrogens is 397 g/mol. The molecule has 0 unspecified atom stereocenters. The van der Waals surface area contributed by atoms with Crippen molar-refractivity contribution in [2.75, 3.05) is 0 Å². The summed E-state index contributed by atoms with van der Waals surface area (Å²) in [6, 6.07) is 20.8. The summed E-state index contributed by atoms with van der Waals surface area (Å²) in [5.74, 6) is -1.26. The average Bonchev–Trinajstić information content (AvgIpc) is 2.79. The Kier molecular flexibility index (Phi) is 7.48. The van der Waals surface area contributed by atoms with Crippen LogP contribution < -0.4 is 15.5 Å². The maximum absolute atomic E-state index is 12.9. The van der Waals surface area contributed by atoms with E-state index >= 15 is 0 Å². The van der Waals surface area contributed by atoms with Crippen molar-refractivity contribution < 1.29 is 18.7 Å². The molecule has 3 aromatic carbocycles. The molecule has 0 bridgehead atoms. The first-order chi connectivity index (χ1) is 15.0. The van der Waals surface area contributed by atoms with Crippen LogP contribution in [0.2, 0.25) is 0 Å². The molecule has 7 heteroatoms. The predicted octanol–water partition coefficient (Wildman–Crippen LogP) is 3.48. The fourth-order valence-electron chi connectivity index (χ4n) is 2.58. The Hall–Kier alpha value is -4.00. The number of hydrazone groups is 1. The third-order valence-electron chi connectivity index (χ3n) is 4.36. The second kappa shape index (κ2) is 10.7. The molecule has 0 aliphatic carbocycles. The van der Waals surface area contributed by atoms with Crippen LogP contribution in [0.4, 0.5) is 4.39 Å². The van der Waals surface area contributed by atoms with Gasteiger partial charge in [0.05, 0.1) is 6.21 Å². The van der Waals surface area contributed by atoms with E-state index in [-0.39, 0.29) is 12.4 Å². The van der Waals surface area contributed by atoms with Gasteiger partial charge in [0, 0.05) is 6.54 Å². The van der Waals surface area contributed by atoms with E-state index < -0.39 is 11.8 Å². The minimum Gasteiger partial charge on any atom is -0.489 e. The normalized spacial score (nSPS) is 10.6. The highest BCUT2D eigenvalue weighted by molar-refractivity contribution is 6.35. The molecule has 3 aromatic rings. The second-order valence-electron chi connectivity index (χ2n) is 6.85. The molecule has 0 aliphatic heterocycles. The van der Waals surface area contributed by atoms with Gasteiger partial charge in [-0.05, 0) is 60.0 Å². The number of aryl methyl sites for hydroxylation is 1. The topological polar surface area (TPSA) is 79.8 Å². The summed E-state index contributed by atoms with van der Waals surface area (Å²) in [7, 11) is 0. The summed E-state index contributed by atoms with van der Waals surface area (Å²) in [5.41, 5.74) is 5.79. The molecule has 0 aromatic heterocycles. The van der Waals surface area contributed by atoms with E-state index in [0.717, 1.165) is 22.3 Å². The molecule has 31 heavy (non-hydrogen) atoms. The lowest BCUT2D eigenvalue weighted by Crippen LogP contribution is -2.37. The first kappa shape index (κ1) is 21.7. The number of hydrogen-bond acceptors (Lipinski definition) is 4. The molecule has 2 N–H and O–H groups in total. The molecule has 0 atom stereocenters. The molecule has 0 radical (unpaired) electrons. The number of hydrogen-bond donors (Lipinski definition) is 2. The van der Waals surface area contributed by atoms with Gasteiger partial charge < -0.3 is 10.1 Å². The molecule has 0 aliphatic rings. The average molecular weight is 419 g/mol. The predicted molar refractivity (Wildman–Crippen MR) is 116 cm³/mol. The minimum absolute atomic E-state index is 0.260. The van der Waals surface area contributed by atoms with Crippen LogP contribution in [0.3, 0.4) is 0 Å². The Morgan fingerprint density at radius 3 is 2.23 bits per heavy atom. The number of amides is 2. The summed E-state index contributed by atoms with van der Waals surface area (Å²) in [6.45, 7) is 2.56. The molecule has 0 spiro atoms. The van der Waals surface area contributed by atoms with Crippen LogP contribution in [-0.4, -0.2) is 18.0 Å². The van der Waals surface area contributed by atoms with Crippen LogP contribution in [-0.2, 0) is 22.7 Å². The monoisotopic (exact) mass is 419 g/mol. The van der Waals surface area contributed by atoms with Crippen LogP contribution in [0.1, 0.15) is 22.3 Å². The summed E-state index contributed by atoms with van der Waals surface area (Å²) in [4.78, 5) is 23.7. The molecule has 3 rings (SSSR count). The molecule has 6 nitrogen and oxygen atoms in total. The van der Waals surface area contributed by atoms with E-state index in [1.54, 1.807) is 36.4 Å². The molecule has 0 saturated carbocycles. The van der Waals surface area contributed by atoms with Crippen molar-refractivity contribution in [2.24, 2.45) is 5.10 Å². The number of nitrogens with one attached hydrogen (secondary N) is 2. The van der Waals surface area contributed by atoms with Crippen LogP contribution >= 0.6 is 0 Å². The first-order valence-electron chi connectivity index (χ1n) is 9.64. The van der Waals surface area contributed by atoms with E-state index in [1.165, 1.54) is 18.3 Å². The van der Waals surface area contributed by atoms with Crippen molar-refractivity contribution in [3.05, 3.63) is 101 Å². The van der Waals surface area contributed by atoms with Crippen molar-refractivity contribution >= 4 is 18.0 Å². The van der Waals surface area contributed by atoms with Gasteiger partial charge in [-0.25, -0.2) is 9.82 Å². The summed E-state index contributed by atoms with van der Waals surface area (Å²) < 4.78 is 18.6. The zero-order chi connectivity index (χ0) is 22.1. The van der Waals surface area contributed by atoms with E-state index in [9.17, 15) is 14.0 Å². The number of carbonyl (C=O) groups excluding carboxylic acids is 2. The Morgan fingerprint density at radius 2 is 1.55 bits per heavy atom. The molecule has 0 heterocycles. The number of halogens is 1. The number of carbonyl (C=O) groups is 2. The van der Waals surface area contributed by atoms with Crippen LogP contribution in [0, 0.1) is 12.7 Å². The van der Waals surface area contributed by atoms with Crippen molar-refractivity contribution in [3.63, 3.8) is 0 Å². The van der Waals surface area contributed by atoms with Gasteiger partial charge in [0.1, 0.15) is 18.2 Å². The largest absolute Gasteiger partial charge is 0.489 e. The maximum Gasteiger partial charge on any atom is 0.329 e. The van der Waals surface area contributed by atoms with Gasteiger partial charge in [-0.3, -0.25) is 9.59 Å². The first-order valence-corrected chi connectivity index (χ1v) is 9.64. The number of ether oxygens (including phenoxy) is 1. The summed E-state index contributed by atoms with van der Waals surface area (Å²) in [5, 5.41) is 6.34. The third kappa shape index (κ3) is 7.08. The van der Waals surface area contributed by atoms with E-state index in [0.29, 0.717) is 12.4 Å². The number of rotatable bonds is 7. The second-order valence-corrected chi connectivity index (χ2v) is 6.85. The standard InChI is InChI=1S/C24H22FN3O3/c1-17-2-4-18(5-3-17)14-26-23(29)24(30)28-27-15-19-8-12-22(13-9-19)31-16-20-6-10-21(25)11-7-20/h2-13,15H,14,16H2,1H3,(H,26,29)(H,28,30)/b27-15-. The van der Waals surface area contributed by atoms with Crippen molar-refractivity contribution in [1.82, 2.24) is 10.7 Å². The highest BCUT2D eigenvalue weighted by Crippen LogP contribution is 2.14. The highest BCUT2D eigenvalue weighted by atomic mass is 19.1. The molecular formula is C24H22FN3O3. The van der Waals surface area contributed by atoms with E-state index in [4.69, 9.17) is 4.74 Å². The molecule has 0 fully saturated rings. The Bertz CT molecular complexity index is 1050. The third-order valence-corrected chi connectivity index (χ3v) is 4.36. The number of nitrogens with zero attached hydrogens (tertiary/aromatic N) is 1. The van der Waals surface area contributed by atoms with Crippen LogP contribution in [0.25, 0.3) is 0 Å². The molecule has 0 saturated heterocycles. The van der Waals surface area contributed by atoms with Gasteiger partial charge in [-0.1, -0.05) is 42.0 Å². The van der Waals surface area contributed by atoms with Gasteiger partial charge in [-0.2, -0.15) is 5.10 Å². The van der Waals surface area contributed by atoms with Gasteiger partial charge >= 0.3 is 11.8 Å². The van der Waals surface area contributed by atoms with Gasteiger partial charge in [-0.15, -0.1) is 0 Å². The van der Waals surface area contributed by atoms with Crippen molar-refractivity contribution in [3.8, 4) is 5.75 Å². The fraction of sp³-hybridized carbons (Fsp3) is 0.125. The smallest absolute Gasteiger partial charge is 0.329 e. The fourth-order valence-corrected chi connectivity index (χ4v) is 2.58. The zero-order valence-electron chi connectivity index (χ0n) is 17.0. The lowest BCUT2D eigenvalue weighted by molar-refractivity contribution is -0.139. The lowest BCUT2D eigenvalue weighted by Gasteiger charge is -2.06. The van der Waals surface area contributed by atoms with Crippen LogP contribution in [0.5, 0.6) is 5.75 Å². The highest BCUT2D eigenvalue weighted by Gasteiger charge is 2.11. The quantitative estimate of drug-likeness (QED) is 0.350. The summed E-state index contributed by atoms with van der Waals surface area (Å²) in [6.07, 6.45) is 1.43. The Morgan fingerprint density at radius 1 is 0.903 bits per heavy atom. The van der Waals surface area contributed by atoms with Crippen LogP contribution in [0.15, 0.2) is 77.9 Å². The van der Waals surface area contributed by atoms with Crippen molar-refractivity contribution in [2.45, 2.75) is 20.1 Å². The van der Waals surface area contributed by atoms with E-state index in [2.05, 4.69) is 15.8 Å². The van der Waals surface area contributed by atoms with E-state index in [1.807, 2.05) is 31.2 Å². The lowest BCUT2D eigenvalue weighted by atomic mass is 10.1. The zero-order valence-corrected chi connectivity index (χ0v) is 17.0. The molecule has 2 amide bonds. The number of benzene rings is 3. The SMILES string of the molecule is Cc1ccc(CNC(=O)C(=O)N/N=C\c2ccc(OCc3ccc(F)cc3)cc2)cc1. The van der Waals surface area contributed by atoms with Gasteiger partial charge in [0.25, 0.3) is 0 Å². The van der Waals surface area contributed by atoms with Gasteiger partial charge in [0.2, 0.25) is 0 Å². The van der Waals surface area contributed by atoms with Gasteiger partial charge in [0.15, 0.2) is 0 Å². The summed E-state index contributed by atoms with van der Waals surface area (Å²) >= 11 is 0. The minimum atomic E-state index is -0.845. The maximum atomic E-state index is 12.9.